The summed E-state index contributed by atoms with van der Waals surface area (Å²) in [4.78, 5) is 22.2. The largest absolute Gasteiger partial charge is 0.465 e. The Balaban J connectivity index is 0.000000280. The van der Waals surface area contributed by atoms with Crippen LogP contribution in [-0.2, 0) is 31.9 Å². The monoisotopic (exact) mass is 384 g/mol. The molecule has 0 aliphatic rings. The van der Waals surface area contributed by atoms with Crippen molar-refractivity contribution in [1.82, 2.24) is 0 Å². The van der Waals surface area contributed by atoms with Crippen molar-refractivity contribution in [2.24, 2.45) is 11.8 Å². The van der Waals surface area contributed by atoms with Crippen molar-refractivity contribution in [1.29, 1.82) is 0 Å². The molecule has 0 aliphatic heterocycles. The third kappa shape index (κ3) is 10.5. The number of ether oxygens (including phenoxy) is 2. The highest BCUT2D eigenvalue weighted by Crippen LogP contribution is 2.02. The van der Waals surface area contributed by atoms with Crippen LogP contribution in [0.15, 0.2) is 60.7 Å². The Bertz CT molecular complexity index is 617. The lowest BCUT2D eigenvalue weighted by Crippen LogP contribution is -2.13. The van der Waals surface area contributed by atoms with Crippen molar-refractivity contribution in [3.8, 4) is 0 Å². The molecule has 0 N–H and O–H groups in total. The van der Waals surface area contributed by atoms with Gasteiger partial charge in [0, 0.05) is 12.8 Å². The second kappa shape index (κ2) is 13.5. The smallest absolute Gasteiger partial charge is 0.308 e. The van der Waals surface area contributed by atoms with E-state index in [1.54, 1.807) is 0 Å². The second-order valence-corrected chi connectivity index (χ2v) is 7.12. The van der Waals surface area contributed by atoms with Gasteiger partial charge in [-0.1, -0.05) is 88.4 Å². The molecular formula is C24H32O4. The molecule has 2 aromatic rings. The molecule has 0 amide bonds. The lowest BCUT2D eigenvalue weighted by Gasteiger charge is -2.06. The molecule has 2 rings (SSSR count). The van der Waals surface area contributed by atoms with Crippen LogP contribution in [0.5, 0.6) is 0 Å². The van der Waals surface area contributed by atoms with Crippen LogP contribution in [-0.4, -0.2) is 25.2 Å². The van der Waals surface area contributed by atoms with E-state index in [0.29, 0.717) is 13.2 Å². The first-order chi connectivity index (χ1) is 13.4. The molecule has 0 bridgehead atoms. The van der Waals surface area contributed by atoms with Crippen LogP contribution < -0.4 is 0 Å². The van der Waals surface area contributed by atoms with Crippen molar-refractivity contribution in [3.63, 3.8) is 0 Å². The van der Waals surface area contributed by atoms with E-state index >= 15 is 0 Å². The molecule has 2 aromatic carbocycles. The van der Waals surface area contributed by atoms with Crippen LogP contribution in [0.3, 0.4) is 0 Å². The summed E-state index contributed by atoms with van der Waals surface area (Å²) in [6.45, 7) is 8.30. The van der Waals surface area contributed by atoms with Crippen molar-refractivity contribution in [2.75, 3.05) is 13.2 Å². The normalized spacial score (nSPS) is 10.2. The van der Waals surface area contributed by atoms with Gasteiger partial charge < -0.3 is 9.47 Å². The minimum atomic E-state index is -0.124. The predicted octanol–water partition coefficient (Wildman–Crippen LogP) is 4.86. The maximum atomic E-state index is 11.1. The van der Waals surface area contributed by atoms with Crippen LogP contribution in [0.25, 0.3) is 0 Å². The van der Waals surface area contributed by atoms with E-state index < -0.39 is 0 Å². The van der Waals surface area contributed by atoms with Crippen molar-refractivity contribution < 1.29 is 19.1 Å². The molecule has 4 nitrogen and oxygen atoms in total. The predicted molar refractivity (Wildman–Crippen MR) is 112 cm³/mol. The molecule has 0 unspecified atom stereocenters. The maximum absolute atomic E-state index is 11.1. The Morgan fingerprint density at radius 3 is 1.25 bits per heavy atom. The molecule has 4 heteroatoms. The lowest BCUT2D eigenvalue weighted by atomic mass is 10.2. The van der Waals surface area contributed by atoms with E-state index in [0.717, 1.165) is 12.8 Å². The third-order valence-electron chi connectivity index (χ3n) is 3.90. The van der Waals surface area contributed by atoms with Crippen LogP contribution in [0.1, 0.15) is 38.8 Å². The average Bonchev–Trinajstić information content (AvgIpc) is 2.70. The number of benzene rings is 2. The summed E-state index contributed by atoms with van der Waals surface area (Å²) in [6, 6.07) is 20.0. The van der Waals surface area contributed by atoms with Gasteiger partial charge in [0.1, 0.15) is 0 Å². The van der Waals surface area contributed by atoms with Crippen molar-refractivity contribution >= 4 is 11.9 Å². The van der Waals surface area contributed by atoms with Crippen molar-refractivity contribution in [2.45, 2.75) is 40.5 Å². The SMILES string of the molecule is CC(C)C(=O)OCCc1ccccc1.CC(C)C(=O)OCCc1ccccc1. The van der Waals surface area contributed by atoms with Gasteiger partial charge in [-0.25, -0.2) is 0 Å². The maximum Gasteiger partial charge on any atom is 0.308 e. The second-order valence-electron chi connectivity index (χ2n) is 7.12. The fourth-order valence-corrected chi connectivity index (χ4v) is 2.16. The van der Waals surface area contributed by atoms with E-state index in [1.807, 2.05) is 88.4 Å². The molecule has 0 radical (unpaired) electrons. The first-order valence-corrected chi connectivity index (χ1v) is 9.81. The van der Waals surface area contributed by atoms with E-state index in [9.17, 15) is 9.59 Å². The minimum Gasteiger partial charge on any atom is -0.465 e. The zero-order chi connectivity index (χ0) is 20.8. The Hall–Kier alpha value is -2.62. The summed E-state index contributed by atoms with van der Waals surface area (Å²) in [5.41, 5.74) is 2.40. The molecule has 28 heavy (non-hydrogen) atoms. The molecule has 0 fully saturated rings. The Kier molecular flexibility index (Phi) is 11.3. The first kappa shape index (κ1) is 23.4. The number of esters is 2. The topological polar surface area (TPSA) is 52.6 Å². The van der Waals surface area contributed by atoms with Gasteiger partial charge in [0.2, 0.25) is 0 Å². The van der Waals surface area contributed by atoms with Gasteiger partial charge >= 0.3 is 11.9 Å². The summed E-state index contributed by atoms with van der Waals surface area (Å²) in [5.74, 6) is -0.321. The van der Waals surface area contributed by atoms with Crippen LogP contribution in [0.4, 0.5) is 0 Å². The van der Waals surface area contributed by atoms with Gasteiger partial charge in [0.05, 0.1) is 25.0 Å². The number of carbonyl (C=O) groups excluding carboxylic acids is 2. The number of rotatable bonds is 8. The highest BCUT2D eigenvalue weighted by atomic mass is 16.5. The van der Waals surface area contributed by atoms with E-state index in [4.69, 9.17) is 9.47 Å². The molecule has 152 valence electrons. The highest BCUT2D eigenvalue weighted by molar-refractivity contribution is 5.71. The van der Waals surface area contributed by atoms with Gasteiger partial charge in [-0.05, 0) is 11.1 Å². The molecule has 0 spiro atoms. The summed E-state index contributed by atoms with van der Waals surface area (Å²) in [6.07, 6.45) is 1.58. The molecule has 0 atom stereocenters. The number of carbonyl (C=O) groups is 2. The average molecular weight is 385 g/mol. The molecule has 0 heterocycles. The lowest BCUT2D eigenvalue weighted by molar-refractivity contribution is -0.148. The van der Waals surface area contributed by atoms with E-state index in [-0.39, 0.29) is 23.8 Å². The fraction of sp³-hybridized carbons (Fsp3) is 0.417. The van der Waals surface area contributed by atoms with E-state index in [2.05, 4.69) is 0 Å². The summed E-state index contributed by atoms with van der Waals surface area (Å²) >= 11 is 0. The standard InChI is InChI=1S/2C12H16O2/c2*1-10(2)12(13)14-9-8-11-6-4-3-5-7-11/h2*3-7,10H,8-9H2,1-2H3. The zero-order valence-electron chi connectivity index (χ0n) is 17.4. The molecule has 0 aliphatic carbocycles. The van der Waals surface area contributed by atoms with Crippen LogP contribution >= 0.6 is 0 Å². The van der Waals surface area contributed by atoms with Crippen LogP contribution in [0, 0.1) is 11.8 Å². The first-order valence-electron chi connectivity index (χ1n) is 9.81. The fourth-order valence-electron chi connectivity index (χ4n) is 2.16. The van der Waals surface area contributed by atoms with E-state index in [1.165, 1.54) is 11.1 Å². The van der Waals surface area contributed by atoms with Gasteiger partial charge in [0.15, 0.2) is 0 Å². The van der Waals surface area contributed by atoms with Gasteiger partial charge in [0.25, 0.3) is 0 Å². The zero-order valence-corrected chi connectivity index (χ0v) is 17.4. The van der Waals surface area contributed by atoms with Crippen LogP contribution in [0.2, 0.25) is 0 Å². The molecule has 0 saturated carbocycles. The number of hydrogen-bond acceptors (Lipinski definition) is 4. The number of hydrogen-bond donors (Lipinski definition) is 0. The Labute approximate surface area is 168 Å². The van der Waals surface area contributed by atoms with Gasteiger partial charge in [-0.2, -0.15) is 0 Å². The minimum absolute atomic E-state index is 0.0363. The quantitative estimate of drug-likeness (QED) is 0.610. The van der Waals surface area contributed by atoms with Gasteiger partial charge in [-0.15, -0.1) is 0 Å². The Morgan fingerprint density at radius 2 is 0.964 bits per heavy atom. The highest BCUT2D eigenvalue weighted by Gasteiger charge is 2.08. The Morgan fingerprint density at radius 1 is 0.643 bits per heavy atom. The van der Waals surface area contributed by atoms with Crippen molar-refractivity contribution in [3.05, 3.63) is 71.8 Å². The molecule has 0 saturated heterocycles. The summed E-state index contributed by atoms with van der Waals surface area (Å²) in [7, 11) is 0. The summed E-state index contributed by atoms with van der Waals surface area (Å²) < 4.78 is 10.1. The summed E-state index contributed by atoms with van der Waals surface area (Å²) in [5, 5.41) is 0. The van der Waals surface area contributed by atoms with Gasteiger partial charge in [-0.3, -0.25) is 9.59 Å². The molecule has 0 aromatic heterocycles. The molecular weight excluding hydrogens is 352 g/mol. The third-order valence-corrected chi connectivity index (χ3v) is 3.90.